The Hall–Kier alpha value is -2.43. The molecule has 0 unspecified atom stereocenters. The van der Waals surface area contributed by atoms with Crippen LogP contribution in [0.4, 0.5) is 5.82 Å². The maximum Gasteiger partial charge on any atom is 0.338 e. The minimum absolute atomic E-state index is 0.265. The molecule has 126 valence electrons. The van der Waals surface area contributed by atoms with E-state index in [1.807, 2.05) is 0 Å². The quantitative estimate of drug-likeness (QED) is 0.414. The predicted molar refractivity (Wildman–Crippen MR) is 95.1 cm³/mol. The molecule has 8 nitrogen and oxygen atoms in total. The maximum atomic E-state index is 12.2. The summed E-state index contributed by atoms with van der Waals surface area (Å²) >= 11 is 2.09. The Labute approximate surface area is 150 Å². The van der Waals surface area contributed by atoms with Crippen LogP contribution < -0.4 is 17.0 Å². The second-order valence-electron chi connectivity index (χ2n) is 4.97. The number of rotatable bonds is 4. The molecule has 0 aliphatic heterocycles. The minimum Gasteiger partial charge on any atom is -0.454 e. The topological polar surface area (TPSA) is 113 Å². The average molecular weight is 443 g/mol. The van der Waals surface area contributed by atoms with E-state index in [4.69, 9.17) is 10.5 Å². The van der Waals surface area contributed by atoms with Gasteiger partial charge in [0.25, 0.3) is 5.56 Å². The number of carbonyl (C=O) groups excluding carboxylic acids is 2. The number of carbonyl (C=O) groups is 2. The number of aromatic nitrogens is 2. The summed E-state index contributed by atoms with van der Waals surface area (Å²) in [6, 6.07) is 6.57. The van der Waals surface area contributed by atoms with Crippen LogP contribution >= 0.6 is 22.6 Å². The molecule has 0 amide bonds. The summed E-state index contributed by atoms with van der Waals surface area (Å²) in [6.45, 7) is -0.650. The highest BCUT2D eigenvalue weighted by Crippen LogP contribution is 2.09. The summed E-state index contributed by atoms with van der Waals surface area (Å²) in [5.74, 6) is -1.74. The molecule has 0 saturated heterocycles. The molecule has 1 heterocycles. The van der Waals surface area contributed by atoms with E-state index in [2.05, 4.69) is 22.6 Å². The van der Waals surface area contributed by atoms with E-state index in [0.29, 0.717) is 0 Å². The van der Waals surface area contributed by atoms with Gasteiger partial charge in [0.15, 0.2) is 6.61 Å². The van der Waals surface area contributed by atoms with Crippen molar-refractivity contribution < 1.29 is 14.3 Å². The first-order chi connectivity index (χ1) is 11.2. The third-order valence-electron chi connectivity index (χ3n) is 3.40. The van der Waals surface area contributed by atoms with Crippen molar-refractivity contribution in [1.29, 1.82) is 0 Å². The van der Waals surface area contributed by atoms with Crippen molar-refractivity contribution in [1.82, 2.24) is 9.13 Å². The molecule has 0 atom stereocenters. The molecule has 0 radical (unpaired) electrons. The van der Waals surface area contributed by atoms with Crippen molar-refractivity contribution in [2.45, 2.75) is 0 Å². The zero-order valence-corrected chi connectivity index (χ0v) is 15.1. The number of ether oxygens (including phenoxy) is 1. The third-order valence-corrected chi connectivity index (χ3v) is 4.12. The molecule has 2 N–H and O–H groups in total. The Morgan fingerprint density at radius 3 is 2.29 bits per heavy atom. The molecule has 0 fully saturated rings. The van der Waals surface area contributed by atoms with Crippen LogP contribution in [-0.2, 0) is 18.8 Å². The van der Waals surface area contributed by atoms with Crippen molar-refractivity contribution >= 4 is 40.2 Å². The SMILES string of the molecule is Cn1c(N)c(C(=O)COC(=O)c2ccc(I)cc2)c(=O)n(C)c1=O. The van der Waals surface area contributed by atoms with Gasteiger partial charge in [-0.15, -0.1) is 0 Å². The Morgan fingerprint density at radius 1 is 1.12 bits per heavy atom. The van der Waals surface area contributed by atoms with Gasteiger partial charge in [0, 0.05) is 17.7 Å². The number of anilines is 1. The molecule has 24 heavy (non-hydrogen) atoms. The van der Waals surface area contributed by atoms with Crippen molar-refractivity contribution in [3.8, 4) is 0 Å². The second kappa shape index (κ2) is 6.99. The van der Waals surface area contributed by atoms with Gasteiger partial charge in [0.2, 0.25) is 5.78 Å². The van der Waals surface area contributed by atoms with E-state index in [1.165, 1.54) is 14.1 Å². The summed E-state index contributed by atoms with van der Waals surface area (Å²) in [5.41, 5.74) is 4.10. The molecule has 0 aliphatic rings. The second-order valence-corrected chi connectivity index (χ2v) is 6.22. The molecule has 0 spiro atoms. The van der Waals surface area contributed by atoms with E-state index in [-0.39, 0.29) is 16.9 Å². The Morgan fingerprint density at radius 2 is 1.71 bits per heavy atom. The van der Waals surface area contributed by atoms with Crippen LogP contribution in [0.25, 0.3) is 0 Å². The van der Waals surface area contributed by atoms with Crippen molar-refractivity contribution in [3.63, 3.8) is 0 Å². The predicted octanol–water partition coefficient (Wildman–Crippen LogP) is 0.310. The smallest absolute Gasteiger partial charge is 0.338 e. The molecule has 1 aromatic carbocycles. The van der Waals surface area contributed by atoms with Crippen molar-refractivity contribution in [2.75, 3.05) is 12.3 Å². The molecular formula is C15H14IN3O5. The van der Waals surface area contributed by atoms with Crippen molar-refractivity contribution in [3.05, 3.63) is 59.8 Å². The summed E-state index contributed by atoms with van der Waals surface area (Å²) in [6.07, 6.45) is 0. The van der Waals surface area contributed by atoms with Gasteiger partial charge in [-0.1, -0.05) is 0 Å². The van der Waals surface area contributed by atoms with E-state index in [0.717, 1.165) is 12.7 Å². The van der Waals surface area contributed by atoms with Crippen LogP contribution in [0.2, 0.25) is 0 Å². The Balaban J connectivity index is 2.22. The standard InChI is InChI=1S/C15H14IN3O5/c1-18-12(17)11(13(21)19(2)15(18)23)10(20)7-24-14(22)8-3-5-9(16)6-4-8/h3-6H,7,17H2,1-2H3. The summed E-state index contributed by atoms with van der Waals surface area (Å²) < 4.78 is 7.62. The number of hydrogen-bond acceptors (Lipinski definition) is 6. The van der Waals surface area contributed by atoms with Crippen LogP contribution in [-0.4, -0.2) is 27.5 Å². The van der Waals surface area contributed by atoms with Gasteiger partial charge in [-0.25, -0.2) is 9.59 Å². The lowest BCUT2D eigenvalue weighted by atomic mass is 10.2. The van der Waals surface area contributed by atoms with Gasteiger partial charge in [-0.05, 0) is 46.9 Å². The fraction of sp³-hybridized carbons (Fsp3) is 0.200. The van der Waals surface area contributed by atoms with Gasteiger partial charge < -0.3 is 10.5 Å². The summed E-state index contributed by atoms with van der Waals surface area (Å²) in [5, 5.41) is 0. The number of ketones is 1. The Kier molecular flexibility index (Phi) is 5.22. The fourth-order valence-electron chi connectivity index (χ4n) is 1.99. The van der Waals surface area contributed by atoms with Gasteiger partial charge in [-0.3, -0.25) is 18.7 Å². The Bertz CT molecular complexity index is 928. The van der Waals surface area contributed by atoms with Crippen LogP contribution in [0.3, 0.4) is 0 Å². The number of hydrogen-bond donors (Lipinski definition) is 1. The normalized spacial score (nSPS) is 10.5. The average Bonchev–Trinajstić information content (AvgIpc) is 2.57. The number of benzene rings is 1. The number of nitrogens with zero attached hydrogens (tertiary/aromatic N) is 2. The van der Waals surface area contributed by atoms with Gasteiger partial charge in [0.1, 0.15) is 11.4 Å². The zero-order valence-electron chi connectivity index (χ0n) is 12.9. The van der Waals surface area contributed by atoms with Crippen LogP contribution in [0.5, 0.6) is 0 Å². The molecule has 1 aromatic heterocycles. The highest BCUT2D eigenvalue weighted by atomic mass is 127. The number of halogens is 1. The van der Waals surface area contributed by atoms with E-state index in [9.17, 15) is 19.2 Å². The highest BCUT2D eigenvalue weighted by molar-refractivity contribution is 14.1. The first kappa shape index (κ1) is 17.9. The molecule has 2 rings (SSSR count). The summed E-state index contributed by atoms with van der Waals surface area (Å²) in [4.78, 5) is 47.9. The van der Waals surface area contributed by atoms with Crippen molar-refractivity contribution in [2.24, 2.45) is 14.1 Å². The molecule has 2 aromatic rings. The lowest BCUT2D eigenvalue weighted by Gasteiger charge is -2.11. The lowest BCUT2D eigenvalue weighted by Crippen LogP contribution is -2.42. The first-order valence-corrected chi connectivity index (χ1v) is 7.83. The number of nitrogens with two attached hydrogens (primary N) is 1. The van der Waals surface area contributed by atoms with Gasteiger partial charge in [-0.2, -0.15) is 0 Å². The minimum atomic E-state index is -0.828. The number of Topliss-reactive ketones (excluding diaryl/α,β-unsaturated/α-hetero) is 1. The molecule has 0 bridgehead atoms. The first-order valence-electron chi connectivity index (χ1n) is 6.75. The van der Waals surface area contributed by atoms with E-state index >= 15 is 0 Å². The number of nitrogen functional groups attached to an aromatic ring is 1. The van der Waals surface area contributed by atoms with Crippen LogP contribution in [0.1, 0.15) is 20.7 Å². The van der Waals surface area contributed by atoms with Crippen LogP contribution in [0.15, 0.2) is 33.9 Å². The highest BCUT2D eigenvalue weighted by Gasteiger charge is 2.21. The lowest BCUT2D eigenvalue weighted by molar-refractivity contribution is 0.0474. The largest absolute Gasteiger partial charge is 0.454 e. The third kappa shape index (κ3) is 3.40. The molecule has 0 saturated carbocycles. The monoisotopic (exact) mass is 443 g/mol. The maximum absolute atomic E-state index is 12.2. The van der Waals surface area contributed by atoms with Gasteiger partial charge in [0.05, 0.1) is 5.56 Å². The zero-order chi connectivity index (χ0) is 18.0. The van der Waals surface area contributed by atoms with Gasteiger partial charge >= 0.3 is 11.7 Å². The molecule has 0 aliphatic carbocycles. The van der Waals surface area contributed by atoms with Crippen LogP contribution in [0, 0.1) is 3.57 Å². The molecule has 9 heteroatoms. The van der Waals surface area contributed by atoms with E-state index < -0.39 is 29.6 Å². The van der Waals surface area contributed by atoms with E-state index in [1.54, 1.807) is 24.3 Å². The molecular weight excluding hydrogens is 429 g/mol. The number of esters is 1. The summed E-state index contributed by atoms with van der Waals surface area (Å²) in [7, 11) is 2.57. The fourth-order valence-corrected chi connectivity index (χ4v) is 2.35.